The molecule has 1 fully saturated rings. The van der Waals surface area contributed by atoms with Gasteiger partial charge in [-0.3, -0.25) is 23.7 Å². The molecule has 0 radical (unpaired) electrons. The molecule has 0 aliphatic carbocycles. The zero-order valence-electron chi connectivity index (χ0n) is 19.6. The molecule has 16 heteroatoms. The molecule has 39 heavy (non-hydrogen) atoms. The standard InChI is InChI=1S/C23H18FN5O7S3/c24-11-3-1-10(2-4-11)15-16-17(20(32)29(19(16)31)22(25)33)37-21-18(15)38-23(34)28(21)9-14(30)27-12-5-7-13(8-6-12)39(26,35)36/h1-8,15-17H,9H2,(H2,25,33)(H,27,30)(H2,26,35,36)/t15-,16?,17?/m0/s1. The van der Waals surface area contributed by atoms with Gasteiger partial charge in [0.15, 0.2) is 0 Å². The molecule has 3 atom stereocenters. The molecule has 5 N–H and O–H groups in total. The van der Waals surface area contributed by atoms with Crippen LogP contribution >= 0.6 is 23.1 Å². The van der Waals surface area contributed by atoms with Crippen molar-refractivity contribution in [2.24, 2.45) is 16.8 Å². The second kappa shape index (κ2) is 9.71. The lowest BCUT2D eigenvalue weighted by Gasteiger charge is -2.30. The lowest BCUT2D eigenvalue weighted by Crippen LogP contribution is -2.41. The summed E-state index contributed by atoms with van der Waals surface area (Å²) in [4.78, 5) is 64.0. The number of likely N-dealkylation sites (tertiary alicyclic amines) is 1. The number of halogens is 1. The van der Waals surface area contributed by atoms with E-state index in [2.05, 4.69) is 5.32 Å². The van der Waals surface area contributed by atoms with Gasteiger partial charge in [0.2, 0.25) is 21.8 Å². The van der Waals surface area contributed by atoms with E-state index in [1.165, 1.54) is 48.5 Å². The van der Waals surface area contributed by atoms with E-state index in [0.717, 1.165) is 27.7 Å². The predicted octanol–water partition coefficient (Wildman–Crippen LogP) is 1.00. The van der Waals surface area contributed by atoms with E-state index in [0.29, 0.717) is 15.3 Å². The largest absolute Gasteiger partial charge is 0.351 e. The Morgan fingerprint density at radius 2 is 1.64 bits per heavy atom. The summed E-state index contributed by atoms with van der Waals surface area (Å²) < 4.78 is 37.7. The van der Waals surface area contributed by atoms with Crippen molar-refractivity contribution in [1.29, 1.82) is 0 Å². The molecule has 0 spiro atoms. The van der Waals surface area contributed by atoms with Crippen molar-refractivity contribution in [3.63, 3.8) is 0 Å². The van der Waals surface area contributed by atoms with Crippen molar-refractivity contribution >= 4 is 62.6 Å². The van der Waals surface area contributed by atoms with Crippen molar-refractivity contribution in [1.82, 2.24) is 9.47 Å². The number of urea groups is 1. The van der Waals surface area contributed by atoms with Gasteiger partial charge in [0.25, 0.3) is 5.91 Å². The van der Waals surface area contributed by atoms with Crippen molar-refractivity contribution in [3.8, 4) is 0 Å². The minimum Gasteiger partial charge on any atom is -0.351 e. The van der Waals surface area contributed by atoms with Gasteiger partial charge in [-0.25, -0.2) is 22.7 Å². The lowest BCUT2D eigenvalue weighted by molar-refractivity contribution is -0.135. The quantitative estimate of drug-likeness (QED) is 0.366. The number of aromatic nitrogens is 1. The van der Waals surface area contributed by atoms with Crippen molar-refractivity contribution in [3.05, 3.63) is 74.5 Å². The topological polar surface area (TPSA) is 192 Å². The number of rotatable bonds is 5. The number of primary sulfonamides is 1. The number of nitrogens with zero attached hydrogens (tertiary/aromatic N) is 2. The number of benzene rings is 2. The fourth-order valence-corrected chi connectivity index (χ4v) is 7.86. The highest BCUT2D eigenvalue weighted by molar-refractivity contribution is 8.00. The summed E-state index contributed by atoms with van der Waals surface area (Å²) >= 11 is 1.65. The fourth-order valence-electron chi connectivity index (χ4n) is 4.57. The summed E-state index contributed by atoms with van der Waals surface area (Å²) in [6.45, 7) is -0.468. The number of nitrogens with one attached hydrogen (secondary N) is 1. The molecule has 3 aromatic rings. The van der Waals surface area contributed by atoms with Gasteiger partial charge in [-0.1, -0.05) is 35.2 Å². The third-order valence-corrected chi connectivity index (χ3v) is 9.80. The molecule has 1 aromatic heterocycles. The number of nitrogens with two attached hydrogens (primary N) is 2. The Balaban J connectivity index is 1.51. The highest BCUT2D eigenvalue weighted by atomic mass is 32.2. The Bertz CT molecular complexity index is 1700. The van der Waals surface area contributed by atoms with Crippen molar-refractivity contribution in [2.45, 2.75) is 27.6 Å². The van der Waals surface area contributed by atoms with Gasteiger partial charge >= 0.3 is 10.9 Å². The molecule has 3 heterocycles. The van der Waals surface area contributed by atoms with Crippen LogP contribution in [0, 0.1) is 11.7 Å². The van der Waals surface area contributed by atoms with Crippen LogP contribution in [-0.4, -0.2) is 46.9 Å². The number of carbonyl (C=O) groups excluding carboxylic acids is 4. The van der Waals surface area contributed by atoms with Crippen LogP contribution in [0.4, 0.5) is 14.9 Å². The zero-order valence-corrected chi connectivity index (χ0v) is 22.0. The van der Waals surface area contributed by atoms with Crippen LogP contribution in [0.3, 0.4) is 0 Å². The Morgan fingerprint density at radius 1 is 1.00 bits per heavy atom. The van der Waals surface area contributed by atoms with Gasteiger partial charge in [0, 0.05) is 16.5 Å². The van der Waals surface area contributed by atoms with Crippen LogP contribution < -0.4 is 21.1 Å². The average Bonchev–Trinajstić information content (AvgIpc) is 3.30. The van der Waals surface area contributed by atoms with Crippen LogP contribution in [0.5, 0.6) is 0 Å². The van der Waals surface area contributed by atoms with Gasteiger partial charge in [0.1, 0.15) is 17.6 Å². The molecule has 2 aliphatic rings. The summed E-state index contributed by atoms with van der Waals surface area (Å²) in [6.07, 6.45) is 0. The summed E-state index contributed by atoms with van der Waals surface area (Å²) in [5.41, 5.74) is 5.97. The number of amides is 5. The van der Waals surface area contributed by atoms with Crippen molar-refractivity contribution in [2.75, 3.05) is 5.32 Å². The SMILES string of the molecule is NC(=O)N1C(=O)C2Sc3c(sc(=O)n3CC(=O)Nc3ccc(S(N)(=O)=O)cc3)[C@@H](c3ccc(F)cc3)C2C1=O. The van der Waals surface area contributed by atoms with Crippen LogP contribution in [0.15, 0.2) is 63.2 Å². The van der Waals surface area contributed by atoms with Crippen LogP contribution in [-0.2, 0) is 31.0 Å². The molecule has 2 aliphatic heterocycles. The lowest BCUT2D eigenvalue weighted by atomic mass is 9.83. The maximum absolute atomic E-state index is 13.7. The molecule has 12 nitrogen and oxygen atoms in total. The third-order valence-electron chi connectivity index (χ3n) is 6.27. The van der Waals surface area contributed by atoms with Crippen LogP contribution in [0.2, 0.25) is 0 Å². The number of anilines is 1. The number of hydrogen-bond acceptors (Lipinski definition) is 9. The molecular weight excluding hydrogens is 573 g/mol. The molecule has 1 saturated heterocycles. The second-order valence-corrected chi connectivity index (χ2v) is 12.4. The average molecular weight is 592 g/mol. The van der Waals surface area contributed by atoms with Gasteiger partial charge in [0.05, 0.1) is 15.8 Å². The van der Waals surface area contributed by atoms with E-state index >= 15 is 0 Å². The molecule has 2 unspecified atom stereocenters. The highest BCUT2D eigenvalue weighted by Gasteiger charge is 2.57. The van der Waals surface area contributed by atoms with Gasteiger partial charge in [-0.15, -0.1) is 0 Å². The van der Waals surface area contributed by atoms with Gasteiger partial charge < -0.3 is 11.1 Å². The van der Waals surface area contributed by atoms with E-state index in [1.807, 2.05) is 0 Å². The highest BCUT2D eigenvalue weighted by Crippen LogP contribution is 2.53. The smallest absolute Gasteiger partial charge is 0.328 e. The summed E-state index contributed by atoms with van der Waals surface area (Å²) in [5, 5.41) is 6.78. The molecule has 0 saturated carbocycles. The Morgan fingerprint density at radius 3 is 2.23 bits per heavy atom. The fraction of sp³-hybridized carbons (Fsp3) is 0.174. The first-order valence-electron chi connectivity index (χ1n) is 11.1. The maximum atomic E-state index is 13.7. The number of sulfonamides is 1. The second-order valence-electron chi connectivity index (χ2n) is 8.68. The van der Waals surface area contributed by atoms with Gasteiger partial charge in [-0.2, -0.15) is 4.90 Å². The van der Waals surface area contributed by atoms with E-state index < -0.39 is 68.1 Å². The number of carbonyl (C=O) groups is 4. The van der Waals surface area contributed by atoms with Crippen LogP contribution in [0.25, 0.3) is 0 Å². The number of imide groups is 3. The van der Waals surface area contributed by atoms with E-state index in [9.17, 15) is 36.8 Å². The molecular formula is C23H18FN5O7S3. The first-order valence-corrected chi connectivity index (χ1v) is 14.4. The number of hydrogen-bond donors (Lipinski definition) is 3. The minimum atomic E-state index is -3.92. The van der Waals surface area contributed by atoms with Gasteiger partial charge in [-0.05, 0) is 42.0 Å². The van der Waals surface area contributed by atoms with E-state index in [1.54, 1.807) is 0 Å². The molecule has 0 bridgehead atoms. The number of fused-ring (bicyclic) bond motifs is 2. The number of thiazole rings is 1. The summed E-state index contributed by atoms with van der Waals surface area (Å²) in [6, 6.07) is 9.04. The van der Waals surface area contributed by atoms with E-state index in [4.69, 9.17) is 10.9 Å². The van der Waals surface area contributed by atoms with E-state index in [-0.39, 0.29) is 15.6 Å². The monoisotopic (exact) mass is 591 g/mol. The Labute approximate surface area is 227 Å². The maximum Gasteiger partial charge on any atom is 0.328 e. The molecule has 202 valence electrons. The van der Waals surface area contributed by atoms with Crippen LogP contribution in [0.1, 0.15) is 16.4 Å². The molecule has 5 amide bonds. The summed E-state index contributed by atoms with van der Waals surface area (Å²) in [7, 11) is -3.92. The normalized spacial score (nSPS) is 20.5. The zero-order chi connectivity index (χ0) is 28.2. The first-order chi connectivity index (χ1) is 18.4. The predicted molar refractivity (Wildman–Crippen MR) is 138 cm³/mol. The number of thioether (sulfide) groups is 1. The first kappa shape index (κ1) is 26.7. The molecule has 2 aromatic carbocycles. The Kier molecular flexibility index (Phi) is 6.66. The minimum absolute atomic E-state index is 0.151. The third kappa shape index (κ3) is 4.75. The summed E-state index contributed by atoms with van der Waals surface area (Å²) in [5.74, 6) is -4.78. The Hall–Kier alpha value is -3.86. The number of primary amides is 1. The molecule has 5 rings (SSSR count). The van der Waals surface area contributed by atoms with Crippen molar-refractivity contribution < 1.29 is 32.0 Å².